The fraction of sp³-hybridized carbons (Fsp3) is 0.294. The Morgan fingerprint density at radius 3 is 2.67 bits per heavy atom. The Hall–Kier alpha value is -2.36. The third-order valence-corrected chi connectivity index (χ3v) is 5.60. The van der Waals surface area contributed by atoms with Crippen LogP contribution in [0, 0.1) is 0 Å². The topological polar surface area (TPSA) is 103 Å². The summed E-state index contributed by atoms with van der Waals surface area (Å²) in [6.45, 7) is 1.17. The summed E-state index contributed by atoms with van der Waals surface area (Å²) in [5.74, 6) is 0.472. The number of aromatic amines is 1. The van der Waals surface area contributed by atoms with Crippen LogP contribution < -0.4 is 15.8 Å². The Kier molecular flexibility index (Phi) is 5.15. The average molecular weight is 405 g/mol. The second kappa shape index (κ2) is 7.71. The summed E-state index contributed by atoms with van der Waals surface area (Å²) in [4.78, 5) is 40.7. The molecular formula is C17H17ClN6O2S. The molecule has 2 aliphatic heterocycles. The zero-order chi connectivity index (χ0) is 18.8. The first-order chi connectivity index (χ1) is 13.1. The predicted octanol–water partition coefficient (Wildman–Crippen LogP) is 1.79. The Labute approximate surface area is 164 Å². The molecule has 3 N–H and O–H groups in total. The van der Waals surface area contributed by atoms with Crippen LogP contribution in [0.2, 0.25) is 5.02 Å². The van der Waals surface area contributed by atoms with E-state index in [1.54, 1.807) is 34.8 Å². The van der Waals surface area contributed by atoms with Crippen LogP contribution in [0.4, 0.5) is 0 Å². The van der Waals surface area contributed by atoms with E-state index < -0.39 is 0 Å². The number of hydrazine groups is 1. The van der Waals surface area contributed by atoms with Crippen molar-refractivity contribution in [3.8, 4) is 11.4 Å². The molecule has 4 heterocycles. The van der Waals surface area contributed by atoms with Gasteiger partial charge >= 0.3 is 0 Å². The molecule has 0 unspecified atom stereocenters. The smallest absolute Gasteiger partial charge is 0.271 e. The Balaban J connectivity index is 1.53. The molecule has 0 saturated carbocycles. The summed E-state index contributed by atoms with van der Waals surface area (Å²) in [6.07, 6.45) is 4.69. The fourth-order valence-electron chi connectivity index (χ4n) is 3.23. The standard InChI is InChI=1S/C17H17ClN6O2S/c18-13-14(20-15(21-16(13)25)11-1-5-19-6-2-11)10-3-7-24(8-4-10)17(26)12-9-27-23-22-12/h1-2,5-6,9-10,22-23H,3-4,7-8H2,(H,20,21,25). The number of halogens is 1. The van der Waals surface area contributed by atoms with Crippen LogP contribution in [0.15, 0.2) is 40.4 Å². The van der Waals surface area contributed by atoms with Crippen molar-refractivity contribution >= 4 is 29.5 Å². The van der Waals surface area contributed by atoms with Crippen LogP contribution in [0.5, 0.6) is 0 Å². The number of nitrogens with zero attached hydrogens (tertiary/aromatic N) is 3. The normalized spacial score (nSPS) is 17.5. The lowest BCUT2D eigenvalue weighted by molar-refractivity contribution is -0.128. The van der Waals surface area contributed by atoms with E-state index in [1.807, 2.05) is 0 Å². The summed E-state index contributed by atoms with van der Waals surface area (Å²) in [7, 11) is 0. The van der Waals surface area contributed by atoms with Crippen molar-refractivity contribution in [3.63, 3.8) is 0 Å². The minimum absolute atomic E-state index is 0.0301. The zero-order valence-electron chi connectivity index (χ0n) is 14.2. The van der Waals surface area contributed by atoms with E-state index >= 15 is 0 Å². The minimum atomic E-state index is -0.351. The summed E-state index contributed by atoms with van der Waals surface area (Å²) in [6, 6.07) is 3.57. The van der Waals surface area contributed by atoms with Crippen molar-refractivity contribution in [2.24, 2.45) is 0 Å². The van der Waals surface area contributed by atoms with Gasteiger partial charge in [0.1, 0.15) is 16.5 Å². The van der Waals surface area contributed by atoms with E-state index in [0.29, 0.717) is 43.1 Å². The molecule has 8 nitrogen and oxygen atoms in total. The Morgan fingerprint density at radius 1 is 1.26 bits per heavy atom. The van der Waals surface area contributed by atoms with E-state index in [4.69, 9.17) is 11.6 Å². The third kappa shape index (κ3) is 3.71. The molecule has 140 valence electrons. The van der Waals surface area contributed by atoms with Gasteiger partial charge in [0, 0.05) is 42.4 Å². The van der Waals surface area contributed by atoms with Crippen LogP contribution >= 0.6 is 23.5 Å². The lowest BCUT2D eigenvalue weighted by atomic mass is 9.93. The number of likely N-dealkylation sites (tertiary alicyclic amines) is 1. The van der Waals surface area contributed by atoms with Crippen LogP contribution in [-0.2, 0) is 4.79 Å². The first-order valence-electron chi connectivity index (χ1n) is 8.49. The Bertz CT molecular complexity index is 940. The highest BCUT2D eigenvalue weighted by Crippen LogP contribution is 2.31. The van der Waals surface area contributed by atoms with Gasteiger partial charge < -0.3 is 15.3 Å². The molecule has 0 radical (unpaired) electrons. The summed E-state index contributed by atoms with van der Waals surface area (Å²) in [5, 5.41) is 1.88. The number of nitrogens with one attached hydrogen (secondary N) is 3. The van der Waals surface area contributed by atoms with Crippen LogP contribution in [-0.4, -0.2) is 38.8 Å². The SMILES string of the molecule is O=C(C1=CSNN1)N1CCC(c2nc(-c3ccncc3)[nH]c(=O)c2Cl)CC1. The molecule has 0 bridgehead atoms. The molecule has 0 aromatic carbocycles. The molecule has 2 aromatic rings. The average Bonchev–Trinajstić information content (AvgIpc) is 3.25. The molecule has 0 atom stereocenters. The van der Waals surface area contributed by atoms with Crippen molar-refractivity contribution in [3.05, 3.63) is 56.7 Å². The molecular weight excluding hydrogens is 388 g/mol. The highest BCUT2D eigenvalue weighted by Gasteiger charge is 2.29. The molecule has 4 rings (SSSR count). The highest BCUT2D eigenvalue weighted by atomic mass is 35.5. The van der Waals surface area contributed by atoms with E-state index in [1.165, 1.54) is 11.9 Å². The van der Waals surface area contributed by atoms with Gasteiger partial charge in [-0.3, -0.25) is 14.6 Å². The van der Waals surface area contributed by atoms with Crippen molar-refractivity contribution < 1.29 is 4.79 Å². The number of carbonyl (C=O) groups excluding carboxylic acids is 1. The molecule has 1 fully saturated rings. The van der Waals surface area contributed by atoms with Gasteiger partial charge in [0.05, 0.1) is 5.69 Å². The minimum Gasteiger partial charge on any atom is -0.337 e. The second-order valence-corrected chi connectivity index (χ2v) is 7.35. The summed E-state index contributed by atoms with van der Waals surface area (Å²) >= 11 is 7.59. The molecule has 2 aliphatic rings. The quantitative estimate of drug-likeness (QED) is 0.670. The number of H-pyrrole nitrogens is 1. The molecule has 2 aromatic heterocycles. The van der Waals surface area contributed by atoms with Crippen LogP contribution in [0.25, 0.3) is 11.4 Å². The van der Waals surface area contributed by atoms with Crippen LogP contribution in [0.3, 0.4) is 0 Å². The van der Waals surface area contributed by atoms with Crippen molar-refractivity contribution in [2.75, 3.05) is 13.1 Å². The van der Waals surface area contributed by atoms with Gasteiger partial charge in [-0.15, -0.1) is 0 Å². The number of amides is 1. The number of piperidine rings is 1. The number of pyridine rings is 1. The lowest BCUT2D eigenvalue weighted by Gasteiger charge is -2.32. The molecule has 0 spiro atoms. The second-order valence-electron chi connectivity index (χ2n) is 6.29. The van der Waals surface area contributed by atoms with Gasteiger partial charge in [-0.25, -0.2) is 4.98 Å². The summed E-state index contributed by atoms with van der Waals surface area (Å²) < 4.78 is 0. The lowest BCUT2D eigenvalue weighted by Crippen LogP contribution is -2.41. The van der Waals surface area contributed by atoms with Gasteiger partial charge in [-0.05, 0) is 36.9 Å². The monoisotopic (exact) mass is 404 g/mol. The third-order valence-electron chi connectivity index (χ3n) is 4.66. The Morgan fingerprint density at radius 2 is 2.00 bits per heavy atom. The first kappa shape index (κ1) is 18.0. The van der Waals surface area contributed by atoms with E-state index in [2.05, 4.69) is 25.2 Å². The largest absolute Gasteiger partial charge is 0.337 e. The van der Waals surface area contributed by atoms with Crippen LogP contribution in [0.1, 0.15) is 24.5 Å². The molecule has 10 heteroatoms. The molecule has 1 saturated heterocycles. The van der Waals surface area contributed by atoms with E-state index in [9.17, 15) is 9.59 Å². The number of rotatable bonds is 3. The maximum absolute atomic E-state index is 12.4. The highest BCUT2D eigenvalue weighted by molar-refractivity contribution is 8.00. The molecule has 1 amide bonds. The molecule has 0 aliphatic carbocycles. The van der Waals surface area contributed by atoms with Gasteiger partial charge in [0.2, 0.25) is 0 Å². The van der Waals surface area contributed by atoms with E-state index in [0.717, 1.165) is 5.56 Å². The van der Waals surface area contributed by atoms with Gasteiger partial charge in [-0.2, -0.15) is 4.83 Å². The fourth-order valence-corrected chi connectivity index (χ4v) is 3.97. The zero-order valence-corrected chi connectivity index (χ0v) is 15.8. The van der Waals surface area contributed by atoms with Gasteiger partial charge in [-0.1, -0.05) is 11.6 Å². The van der Waals surface area contributed by atoms with Crippen molar-refractivity contribution in [1.82, 2.24) is 30.1 Å². The van der Waals surface area contributed by atoms with E-state index in [-0.39, 0.29) is 22.4 Å². The maximum Gasteiger partial charge on any atom is 0.271 e. The summed E-state index contributed by atoms with van der Waals surface area (Å²) in [5.41, 5.74) is 4.40. The van der Waals surface area contributed by atoms with Gasteiger partial charge in [0.15, 0.2) is 0 Å². The maximum atomic E-state index is 12.4. The van der Waals surface area contributed by atoms with Crippen molar-refractivity contribution in [2.45, 2.75) is 18.8 Å². The number of hydrogen-bond acceptors (Lipinski definition) is 7. The predicted molar refractivity (Wildman–Crippen MR) is 104 cm³/mol. The van der Waals surface area contributed by atoms with Crippen molar-refractivity contribution in [1.29, 1.82) is 0 Å². The first-order valence-corrected chi connectivity index (χ1v) is 9.75. The number of carbonyl (C=O) groups is 1. The number of hydrogen-bond donors (Lipinski definition) is 3. The molecule has 27 heavy (non-hydrogen) atoms. The number of aromatic nitrogens is 3. The van der Waals surface area contributed by atoms with Gasteiger partial charge in [0.25, 0.3) is 11.5 Å².